The summed E-state index contributed by atoms with van der Waals surface area (Å²) in [5.41, 5.74) is 6.79. The van der Waals surface area contributed by atoms with Crippen molar-refractivity contribution in [2.75, 3.05) is 0 Å². The average molecular weight is 300 g/mol. The van der Waals surface area contributed by atoms with Gasteiger partial charge in [0.15, 0.2) is 0 Å². The Kier molecular flexibility index (Phi) is 4.30. The van der Waals surface area contributed by atoms with Crippen LogP contribution in [0.1, 0.15) is 47.1 Å². The number of benzene rings is 1. The van der Waals surface area contributed by atoms with Crippen molar-refractivity contribution >= 4 is 11.8 Å². The van der Waals surface area contributed by atoms with Crippen LogP contribution in [0, 0.1) is 0 Å². The maximum atomic E-state index is 12.0. The van der Waals surface area contributed by atoms with Gasteiger partial charge < -0.3 is 0 Å². The minimum absolute atomic E-state index is 0.0313. The van der Waals surface area contributed by atoms with Crippen LogP contribution in [0.2, 0.25) is 0 Å². The third-order valence-electron chi connectivity index (χ3n) is 3.27. The van der Waals surface area contributed by atoms with Crippen molar-refractivity contribution in [3.63, 3.8) is 0 Å². The predicted octanol–water partition coefficient (Wildman–Crippen LogP) is 1.79. The first-order valence-electron chi connectivity index (χ1n) is 6.97. The van der Waals surface area contributed by atoms with E-state index in [-0.39, 0.29) is 11.3 Å². The third kappa shape index (κ3) is 3.72. The van der Waals surface area contributed by atoms with Gasteiger partial charge in [-0.05, 0) is 23.1 Å². The number of aromatic nitrogens is 2. The molecule has 22 heavy (non-hydrogen) atoms. The number of carbonyl (C=O) groups excluding carboxylic acids is 2. The molecule has 116 valence electrons. The van der Waals surface area contributed by atoms with Gasteiger partial charge in [-0.3, -0.25) is 25.1 Å². The zero-order valence-electron chi connectivity index (χ0n) is 13.2. The minimum atomic E-state index is -0.409. The van der Waals surface area contributed by atoms with Crippen molar-refractivity contribution in [3.05, 3.63) is 53.3 Å². The Hall–Kier alpha value is -2.63. The van der Waals surface area contributed by atoms with Gasteiger partial charge in [0.25, 0.3) is 11.8 Å². The van der Waals surface area contributed by atoms with Crippen LogP contribution in [0.15, 0.2) is 36.7 Å². The standard InChI is InChI=1S/C16H20N4O2/c1-16(2,3)13-7-5-11(6-8-13)14(21)18-19-15(22)12-9-17-20(4)10-12/h5-10H,1-4H3,(H,18,21)(H,19,22). The summed E-state index contributed by atoms with van der Waals surface area (Å²) >= 11 is 0. The van der Waals surface area contributed by atoms with E-state index in [0.29, 0.717) is 11.1 Å². The molecule has 6 heteroatoms. The van der Waals surface area contributed by atoms with Crippen molar-refractivity contribution in [3.8, 4) is 0 Å². The van der Waals surface area contributed by atoms with Crippen LogP contribution in [-0.2, 0) is 12.5 Å². The Morgan fingerprint density at radius 1 is 1.00 bits per heavy atom. The molecule has 6 nitrogen and oxygen atoms in total. The average Bonchev–Trinajstić information content (AvgIpc) is 2.90. The quantitative estimate of drug-likeness (QED) is 0.830. The monoisotopic (exact) mass is 300 g/mol. The molecular formula is C16H20N4O2. The second-order valence-electron chi connectivity index (χ2n) is 6.14. The Morgan fingerprint density at radius 2 is 1.55 bits per heavy atom. The summed E-state index contributed by atoms with van der Waals surface area (Å²) in [7, 11) is 1.71. The molecule has 0 fully saturated rings. The highest BCUT2D eigenvalue weighted by Crippen LogP contribution is 2.22. The summed E-state index contributed by atoms with van der Waals surface area (Å²) in [6.07, 6.45) is 3.00. The molecule has 0 spiro atoms. The highest BCUT2D eigenvalue weighted by atomic mass is 16.2. The maximum absolute atomic E-state index is 12.0. The largest absolute Gasteiger partial charge is 0.275 e. The minimum Gasteiger partial charge on any atom is -0.275 e. The van der Waals surface area contributed by atoms with E-state index in [2.05, 4.69) is 36.7 Å². The number of nitrogens with one attached hydrogen (secondary N) is 2. The summed E-state index contributed by atoms with van der Waals surface area (Å²) < 4.78 is 1.52. The SMILES string of the molecule is Cn1cc(C(=O)NNC(=O)c2ccc(C(C)(C)C)cc2)cn1. The van der Waals surface area contributed by atoms with Gasteiger partial charge in [0.1, 0.15) is 0 Å². The molecule has 0 aliphatic carbocycles. The van der Waals surface area contributed by atoms with Gasteiger partial charge in [0.05, 0.1) is 11.8 Å². The molecule has 0 aliphatic rings. The van der Waals surface area contributed by atoms with E-state index >= 15 is 0 Å². The lowest BCUT2D eigenvalue weighted by Crippen LogP contribution is -2.41. The first-order valence-corrected chi connectivity index (χ1v) is 6.97. The van der Waals surface area contributed by atoms with Gasteiger partial charge in [-0.25, -0.2) is 0 Å². The van der Waals surface area contributed by atoms with Crippen LogP contribution in [0.5, 0.6) is 0 Å². The van der Waals surface area contributed by atoms with Crippen LogP contribution in [0.4, 0.5) is 0 Å². The molecule has 2 amide bonds. The molecule has 0 radical (unpaired) electrons. The van der Waals surface area contributed by atoms with E-state index < -0.39 is 5.91 Å². The molecule has 2 N–H and O–H groups in total. The lowest BCUT2D eigenvalue weighted by atomic mass is 9.87. The van der Waals surface area contributed by atoms with Gasteiger partial charge in [-0.2, -0.15) is 5.10 Å². The molecule has 0 unspecified atom stereocenters. The lowest BCUT2D eigenvalue weighted by Gasteiger charge is -2.19. The highest BCUT2D eigenvalue weighted by molar-refractivity contribution is 5.98. The van der Waals surface area contributed by atoms with Crippen molar-refractivity contribution in [1.82, 2.24) is 20.6 Å². The highest BCUT2D eigenvalue weighted by Gasteiger charge is 2.15. The van der Waals surface area contributed by atoms with Crippen LogP contribution >= 0.6 is 0 Å². The van der Waals surface area contributed by atoms with E-state index in [1.165, 1.54) is 10.9 Å². The topological polar surface area (TPSA) is 76.0 Å². The molecule has 0 aliphatic heterocycles. The Labute approximate surface area is 129 Å². The smallest absolute Gasteiger partial charge is 0.272 e. The molecule has 1 aromatic heterocycles. The first-order chi connectivity index (χ1) is 10.3. The van der Waals surface area contributed by atoms with Gasteiger partial charge in [0.2, 0.25) is 0 Å². The number of carbonyl (C=O) groups is 2. The van der Waals surface area contributed by atoms with E-state index in [1.54, 1.807) is 25.4 Å². The van der Waals surface area contributed by atoms with Gasteiger partial charge in [-0.15, -0.1) is 0 Å². The van der Waals surface area contributed by atoms with E-state index in [4.69, 9.17) is 0 Å². The van der Waals surface area contributed by atoms with E-state index in [0.717, 1.165) is 5.56 Å². The lowest BCUT2D eigenvalue weighted by molar-refractivity contribution is 0.0846. The summed E-state index contributed by atoms with van der Waals surface area (Å²) in [5.74, 6) is -0.773. The van der Waals surface area contributed by atoms with Crippen LogP contribution in [0.3, 0.4) is 0 Å². The van der Waals surface area contributed by atoms with E-state index in [1.807, 2.05) is 12.1 Å². The number of rotatable bonds is 2. The predicted molar refractivity (Wildman–Crippen MR) is 83.3 cm³/mol. The fourth-order valence-electron chi connectivity index (χ4n) is 1.92. The van der Waals surface area contributed by atoms with Crippen LogP contribution in [-0.4, -0.2) is 21.6 Å². The molecule has 2 aromatic rings. The van der Waals surface area contributed by atoms with Crippen molar-refractivity contribution < 1.29 is 9.59 Å². The Morgan fingerprint density at radius 3 is 2.00 bits per heavy atom. The number of hydrogen-bond acceptors (Lipinski definition) is 3. The van der Waals surface area contributed by atoms with Gasteiger partial charge in [-0.1, -0.05) is 32.9 Å². The number of hydrazine groups is 1. The first kappa shape index (κ1) is 15.8. The molecule has 0 atom stereocenters. The fraction of sp³-hybridized carbons (Fsp3) is 0.312. The van der Waals surface area contributed by atoms with Crippen molar-refractivity contribution in [1.29, 1.82) is 0 Å². The molecule has 0 saturated heterocycles. The van der Waals surface area contributed by atoms with Gasteiger partial charge in [0, 0.05) is 18.8 Å². The fourth-order valence-corrected chi connectivity index (χ4v) is 1.92. The van der Waals surface area contributed by atoms with E-state index in [9.17, 15) is 9.59 Å². The molecule has 0 saturated carbocycles. The number of amides is 2. The normalized spacial score (nSPS) is 11.1. The Balaban J connectivity index is 1.96. The summed E-state index contributed by atoms with van der Waals surface area (Å²) in [5, 5.41) is 3.90. The second-order valence-corrected chi connectivity index (χ2v) is 6.14. The molecule has 1 heterocycles. The zero-order chi connectivity index (χ0) is 16.3. The number of hydrogen-bond donors (Lipinski definition) is 2. The van der Waals surface area contributed by atoms with Crippen LogP contribution in [0.25, 0.3) is 0 Å². The second kappa shape index (κ2) is 6.01. The van der Waals surface area contributed by atoms with Crippen molar-refractivity contribution in [2.24, 2.45) is 7.05 Å². The zero-order valence-corrected chi connectivity index (χ0v) is 13.2. The van der Waals surface area contributed by atoms with Gasteiger partial charge >= 0.3 is 0 Å². The maximum Gasteiger partial charge on any atom is 0.272 e. The summed E-state index contributed by atoms with van der Waals surface area (Å²) in [6.45, 7) is 6.32. The third-order valence-corrected chi connectivity index (χ3v) is 3.27. The summed E-state index contributed by atoms with van der Waals surface area (Å²) in [6, 6.07) is 7.31. The number of aryl methyl sites for hydroxylation is 1. The summed E-state index contributed by atoms with van der Waals surface area (Å²) in [4.78, 5) is 23.8. The Bertz CT molecular complexity index is 681. The van der Waals surface area contributed by atoms with Crippen molar-refractivity contribution in [2.45, 2.75) is 26.2 Å². The molecular weight excluding hydrogens is 280 g/mol. The van der Waals surface area contributed by atoms with Crippen LogP contribution < -0.4 is 10.9 Å². The molecule has 1 aromatic carbocycles. The molecule has 0 bridgehead atoms. The number of nitrogens with zero attached hydrogens (tertiary/aromatic N) is 2. The molecule has 2 rings (SSSR count).